The smallest absolute Gasteiger partial charge is 0.115 e. The summed E-state index contributed by atoms with van der Waals surface area (Å²) in [4.78, 5) is 2.32. The maximum absolute atomic E-state index is 10.6. The summed E-state index contributed by atoms with van der Waals surface area (Å²) >= 11 is 6.09. The molecule has 1 atom stereocenters. The van der Waals surface area contributed by atoms with E-state index in [2.05, 4.69) is 23.8 Å². The number of aryl methyl sites for hydroxylation is 1. The summed E-state index contributed by atoms with van der Waals surface area (Å²) in [6.45, 7) is 6.21. The topological polar surface area (TPSA) is 41.3 Å². The van der Waals surface area contributed by atoms with Gasteiger partial charge >= 0.3 is 0 Å². The van der Waals surface area contributed by atoms with Crippen LogP contribution in [0.4, 0.5) is 0 Å². The largest absolute Gasteiger partial charge is 0.385 e. The van der Waals surface area contributed by atoms with Gasteiger partial charge in [0.2, 0.25) is 0 Å². The van der Waals surface area contributed by atoms with Crippen molar-refractivity contribution in [3.8, 4) is 0 Å². The van der Waals surface area contributed by atoms with Crippen molar-refractivity contribution < 1.29 is 5.11 Å². The summed E-state index contributed by atoms with van der Waals surface area (Å²) in [6.07, 6.45) is 3.37. The van der Waals surface area contributed by atoms with Gasteiger partial charge in [-0.25, -0.2) is 0 Å². The van der Waals surface area contributed by atoms with Crippen LogP contribution in [-0.2, 0) is 7.05 Å². The average Bonchev–Trinajstić information content (AvgIpc) is 2.88. The van der Waals surface area contributed by atoms with Gasteiger partial charge in [-0.15, -0.1) is 0 Å². The van der Waals surface area contributed by atoms with Crippen molar-refractivity contribution >= 4 is 11.6 Å². The van der Waals surface area contributed by atoms with Gasteiger partial charge in [-0.3, -0.25) is 9.58 Å². The fourth-order valence-electron chi connectivity index (χ4n) is 2.53. The van der Waals surface area contributed by atoms with Crippen molar-refractivity contribution in [2.24, 2.45) is 7.05 Å². The molecule has 2 rings (SSSR count). The third kappa shape index (κ3) is 2.21. The second kappa shape index (κ2) is 4.59. The second-order valence-electron chi connectivity index (χ2n) is 5.25. The van der Waals surface area contributed by atoms with Crippen molar-refractivity contribution in [3.05, 3.63) is 16.9 Å². The van der Waals surface area contributed by atoms with E-state index < -0.39 is 6.10 Å². The molecule has 1 aromatic rings. The van der Waals surface area contributed by atoms with E-state index in [0.29, 0.717) is 10.7 Å². The Labute approximate surface area is 107 Å². The van der Waals surface area contributed by atoms with Crippen LogP contribution in [0.2, 0.25) is 5.02 Å². The number of aliphatic hydroxyl groups is 1. The van der Waals surface area contributed by atoms with Crippen LogP contribution < -0.4 is 0 Å². The van der Waals surface area contributed by atoms with Crippen LogP contribution in [0.3, 0.4) is 0 Å². The summed E-state index contributed by atoms with van der Waals surface area (Å²) in [5.74, 6) is 0. The Morgan fingerprint density at radius 2 is 2.00 bits per heavy atom. The maximum atomic E-state index is 10.6. The van der Waals surface area contributed by atoms with Crippen LogP contribution in [0.15, 0.2) is 6.20 Å². The Kier molecular flexibility index (Phi) is 3.48. The minimum Gasteiger partial charge on any atom is -0.385 e. The molecule has 1 N–H and O–H groups in total. The third-order valence-corrected chi connectivity index (χ3v) is 4.08. The van der Waals surface area contributed by atoms with Crippen LogP contribution >= 0.6 is 11.6 Å². The molecule has 1 saturated heterocycles. The molecule has 0 aliphatic carbocycles. The van der Waals surface area contributed by atoms with E-state index in [1.54, 1.807) is 10.9 Å². The first kappa shape index (κ1) is 12.9. The van der Waals surface area contributed by atoms with Gasteiger partial charge < -0.3 is 5.11 Å². The highest BCUT2D eigenvalue weighted by atomic mass is 35.5. The molecule has 1 unspecified atom stereocenters. The van der Waals surface area contributed by atoms with Gasteiger partial charge in [0.1, 0.15) is 6.10 Å². The van der Waals surface area contributed by atoms with Gasteiger partial charge in [0.25, 0.3) is 0 Å². The molecule has 1 aliphatic rings. The lowest BCUT2D eigenvalue weighted by atomic mass is 9.92. The van der Waals surface area contributed by atoms with E-state index in [1.807, 2.05) is 7.05 Å². The van der Waals surface area contributed by atoms with E-state index in [-0.39, 0.29) is 5.54 Å². The summed E-state index contributed by atoms with van der Waals surface area (Å²) in [6, 6.07) is 0. The number of nitrogens with zero attached hydrogens (tertiary/aromatic N) is 3. The maximum Gasteiger partial charge on any atom is 0.115 e. The minimum atomic E-state index is -0.624. The lowest BCUT2D eigenvalue weighted by Gasteiger charge is -2.39. The van der Waals surface area contributed by atoms with E-state index >= 15 is 0 Å². The monoisotopic (exact) mass is 257 g/mol. The van der Waals surface area contributed by atoms with E-state index in [1.165, 1.54) is 12.8 Å². The summed E-state index contributed by atoms with van der Waals surface area (Å²) < 4.78 is 1.66. The number of hydrogen-bond acceptors (Lipinski definition) is 3. The lowest BCUT2D eigenvalue weighted by Crippen LogP contribution is -2.47. The fourth-order valence-corrected chi connectivity index (χ4v) is 2.80. The van der Waals surface area contributed by atoms with Crippen molar-refractivity contribution in [2.75, 3.05) is 13.1 Å². The molecule has 0 aromatic carbocycles. The lowest BCUT2D eigenvalue weighted by molar-refractivity contribution is -0.00323. The van der Waals surface area contributed by atoms with E-state index in [0.717, 1.165) is 13.1 Å². The van der Waals surface area contributed by atoms with Gasteiger partial charge in [0, 0.05) is 12.6 Å². The molecule has 17 heavy (non-hydrogen) atoms. The normalized spacial score (nSPS) is 19.8. The predicted molar refractivity (Wildman–Crippen MR) is 68.1 cm³/mol. The minimum absolute atomic E-state index is 0.312. The zero-order chi connectivity index (χ0) is 12.6. The molecule has 0 bridgehead atoms. The molecule has 0 amide bonds. The number of hydrogen-bond donors (Lipinski definition) is 1. The standard InChI is InChI=1S/C12H20ClN3O/c1-12(2,16-6-4-5-7-16)11(17)10-9(13)8-14-15(10)3/h8,11,17H,4-7H2,1-3H3. The first-order valence-electron chi connectivity index (χ1n) is 6.05. The summed E-state index contributed by atoms with van der Waals surface area (Å²) in [7, 11) is 1.81. The SMILES string of the molecule is Cn1ncc(Cl)c1C(O)C(C)(C)N1CCCC1. The van der Waals surface area contributed by atoms with Crippen LogP contribution in [0, 0.1) is 0 Å². The zero-order valence-corrected chi connectivity index (χ0v) is 11.4. The first-order chi connectivity index (χ1) is 7.94. The highest BCUT2D eigenvalue weighted by molar-refractivity contribution is 6.31. The quantitative estimate of drug-likeness (QED) is 0.900. The van der Waals surface area contributed by atoms with Crippen LogP contribution in [-0.4, -0.2) is 38.4 Å². The van der Waals surface area contributed by atoms with Gasteiger partial charge in [-0.2, -0.15) is 5.10 Å². The summed E-state index contributed by atoms with van der Waals surface area (Å²) in [5, 5.41) is 15.2. The molecule has 4 nitrogen and oxygen atoms in total. The highest BCUT2D eigenvalue weighted by Crippen LogP contribution is 2.35. The number of rotatable bonds is 3. The number of aliphatic hydroxyl groups excluding tert-OH is 1. The van der Waals surface area contributed by atoms with Gasteiger partial charge in [-0.05, 0) is 39.8 Å². The number of halogens is 1. The van der Waals surface area contributed by atoms with Gasteiger partial charge in [0.05, 0.1) is 16.9 Å². The number of likely N-dealkylation sites (tertiary alicyclic amines) is 1. The Bertz CT molecular complexity index is 377. The van der Waals surface area contributed by atoms with Crippen LogP contribution in [0.5, 0.6) is 0 Å². The number of aromatic nitrogens is 2. The van der Waals surface area contributed by atoms with Gasteiger partial charge in [0.15, 0.2) is 0 Å². The van der Waals surface area contributed by atoms with Crippen molar-refractivity contribution in [1.82, 2.24) is 14.7 Å². The molecule has 1 aliphatic heterocycles. The highest BCUT2D eigenvalue weighted by Gasteiger charge is 2.38. The molecule has 96 valence electrons. The Hall–Kier alpha value is -0.580. The zero-order valence-electron chi connectivity index (χ0n) is 10.6. The Morgan fingerprint density at radius 3 is 2.47 bits per heavy atom. The molecule has 5 heteroatoms. The molecule has 1 aromatic heterocycles. The molecule has 1 fully saturated rings. The molecular weight excluding hydrogens is 238 g/mol. The van der Waals surface area contributed by atoms with Crippen LogP contribution in [0.25, 0.3) is 0 Å². The van der Waals surface area contributed by atoms with E-state index in [4.69, 9.17) is 11.6 Å². The van der Waals surface area contributed by atoms with Crippen molar-refractivity contribution in [2.45, 2.75) is 38.3 Å². The molecule has 0 saturated carbocycles. The molecular formula is C12H20ClN3O. The van der Waals surface area contributed by atoms with Crippen LogP contribution in [0.1, 0.15) is 38.5 Å². The second-order valence-corrected chi connectivity index (χ2v) is 5.66. The molecule has 0 radical (unpaired) electrons. The Balaban J connectivity index is 2.26. The predicted octanol–water partition coefficient (Wildman–Crippen LogP) is 1.98. The van der Waals surface area contributed by atoms with E-state index in [9.17, 15) is 5.11 Å². The Morgan fingerprint density at radius 1 is 1.41 bits per heavy atom. The third-order valence-electron chi connectivity index (χ3n) is 3.79. The van der Waals surface area contributed by atoms with Crippen molar-refractivity contribution in [1.29, 1.82) is 0 Å². The molecule has 0 spiro atoms. The summed E-state index contributed by atoms with van der Waals surface area (Å²) in [5.41, 5.74) is 0.386. The fraction of sp³-hybridized carbons (Fsp3) is 0.750. The van der Waals surface area contributed by atoms with Crippen molar-refractivity contribution in [3.63, 3.8) is 0 Å². The molecule has 2 heterocycles. The van der Waals surface area contributed by atoms with Gasteiger partial charge in [-0.1, -0.05) is 11.6 Å². The first-order valence-corrected chi connectivity index (χ1v) is 6.43. The average molecular weight is 258 g/mol.